The second kappa shape index (κ2) is 10.7. The number of anilines is 1. The number of fused-ring (bicyclic) bond motifs is 1. The number of hydrogen-bond acceptors (Lipinski definition) is 4. The number of imide groups is 1. The van der Waals surface area contributed by atoms with E-state index in [1.54, 1.807) is 11.0 Å². The Morgan fingerprint density at radius 3 is 2.39 bits per heavy atom. The summed E-state index contributed by atoms with van der Waals surface area (Å²) in [6, 6.07) is 14.2. The number of rotatable bonds is 5. The molecule has 1 N–H and O–H groups in total. The first-order chi connectivity index (χ1) is 18.2. The topological polar surface area (TPSA) is 73.0 Å². The molecule has 0 radical (unpaired) electrons. The number of carbonyl (C=O) groups is 3. The van der Waals surface area contributed by atoms with Crippen molar-refractivity contribution >= 4 is 23.5 Å². The Labute approximate surface area is 219 Å². The predicted octanol–water partition coefficient (Wildman–Crippen LogP) is 3.93. The van der Waals surface area contributed by atoms with Crippen molar-refractivity contribution in [1.29, 1.82) is 0 Å². The van der Waals surface area contributed by atoms with Crippen LogP contribution in [0.1, 0.15) is 30.4 Å². The number of carbonyl (C=O) groups excluding carboxylic acids is 3. The van der Waals surface area contributed by atoms with E-state index < -0.39 is 17.8 Å². The maximum atomic E-state index is 13.3. The third-order valence-corrected chi connectivity index (χ3v) is 7.93. The number of nitrogens with zero attached hydrogens (tertiary/aromatic N) is 3. The number of alkyl halides is 3. The molecule has 1 saturated carbocycles. The van der Waals surface area contributed by atoms with Crippen LogP contribution in [0.4, 0.5) is 23.7 Å². The number of nitrogens with one attached hydrogen (secondary N) is 1. The molecule has 0 aromatic heterocycles. The smallest absolute Gasteiger partial charge is 0.368 e. The van der Waals surface area contributed by atoms with Gasteiger partial charge in [-0.25, -0.2) is 4.79 Å². The zero-order valence-corrected chi connectivity index (χ0v) is 21.0. The van der Waals surface area contributed by atoms with Gasteiger partial charge >= 0.3 is 12.2 Å². The second-order valence-corrected chi connectivity index (χ2v) is 10.3. The minimum atomic E-state index is -4.40. The molecule has 2 saturated heterocycles. The van der Waals surface area contributed by atoms with Crippen LogP contribution in [-0.4, -0.2) is 66.4 Å². The highest BCUT2D eigenvalue weighted by molar-refractivity contribution is 5.99. The number of piperazine rings is 1. The van der Waals surface area contributed by atoms with Gasteiger partial charge in [-0.3, -0.25) is 14.5 Å². The average molecular weight is 529 g/mol. The third kappa shape index (κ3) is 5.49. The summed E-state index contributed by atoms with van der Waals surface area (Å²) in [5, 5.41) is 2.96. The van der Waals surface area contributed by atoms with E-state index in [2.05, 4.69) is 5.32 Å². The Kier molecular flexibility index (Phi) is 7.32. The number of benzene rings is 2. The van der Waals surface area contributed by atoms with Crippen molar-refractivity contribution < 1.29 is 27.6 Å². The summed E-state index contributed by atoms with van der Waals surface area (Å²) in [4.78, 5) is 44.1. The molecular weight excluding hydrogens is 497 g/mol. The van der Waals surface area contributed by atoms with E-state index in [1.165, 1.54) is 11.0 Å². The summed E-state index contributed by atoms with van der Waals surface area (Å²) in [6.07, 6.45) is -2.29. The summed E-state index contributed by atoms with van der Waals surface area (Å²) < 4.78 is 39.3. The summed E-state index contributed by atoms with van der Waals surface area (Å²) in [6.45, 7) is 2.03. The Balaban J connectivity index is 1.14. The van der Waals surface area contributed by atoms with Gasteiger partial charge in [0, 0.05) is 50.4 Å². The van der Waals surface area contributed by atoms with Crippen molar-refractivity contribution in [3.05, 3.63) is 65.7 Å². The van der Waals surface area contributed by atoms with Crippen LogP contribution in [-0.2, 0) is 22.2 Å². The van der Waals surface area contributed by atoms with Gasteiger partial charge in [-0.1, -0.05) is 36.4 Å². The van der Waals surface area contributed by atoms with Crippen LogP contribution < -0.4 is 10.2 Å². The number of urea groups is 1. The van der Waals surface area contributed by atoms with Gasteiger partial charge < -0.3 is 15.1 Å². The minimum absolute atomic E-state index is 0.0136. The molecule has 2 aliphatic heterocycles. The molecule has 7 nitrogen and oxygen atoms in total. The molecule has 2 aromatic carbocycles. The highest BCUT2D eigenvalue weighted by Gasteiger charge is 2.46. The van der Waals surface area contributed by atoms with Crippen molar-refractivity contribution in [3.63, 3.8) is 0 Å². The minimum Gasteiger partial charge on any atom is -0.368 e. The molecule has 4 amide bonds. The lowest BCUT2D eigenvalue weighted by Gasteiger charge is -2.43. The van der Waals surface area contributed by atoms with Crippen LogP contribution in [0.15, 0.2) is 54.6 Å². The predicted molar refractivity (Wildman–Crippen MR) is 135 cm³/mol. The largest absolute Gasteiger partial charge is 0.416 e. The highest BCUT2D eigenvalue weighted by atomic mass is 19.4. The van der Waals surface area contributed by atoms with Gasteiger partial charge in [-0.2, -0.15) is 13.2 Å². The van der Waals surface area contributed by atoms with Gasteiger partial charge in [0.1, 0.15) is 0 Å². The molecule has 3 fully saturated rings. The maximum Gasteiger partial charge on any atom is 0.416 e. The first-order valence-electron chi connectivity index (χ1n) is 13.1. The fourth-order valence-corrected chi connectivity index (χ4v) is 5.81. The first kappa shape index (κ1) is 26.1. The molecule has 0 spiro atoms. The van der Waals surface area contributed by atoms with E-state index in [0.717, 1.165) is 17.7 Å². The standard InChI is InChI=1S/C28H31F3N4O3/c29-28(30,31)21-7-4-8-22(18-21)33-13-15-34(16-14-33)25(36)20-9-10-23-24(17-20)32-27(38)35(26(23)37)12-11-19-5-2-1-3-6-19/h1-8,18,20,23-24H,9-17H2,(H,32,38). The van der Waals surface area contributed by atoms with Crippen molar-refractivity contribution in [2.45, 2.75) is 37.9 Å². The number of amides is 4. The zero-order valence-electron chi connectivity index (χ0n) is 21.0. The summed E-state index contributed by atoms with van der Waals surface area (Å²) >= 11 is 0. The van der Waals surface area contributed by atoms with Crippen molar-refractivity contribution in [2.75, 3.05) is 37.6 Å². The fourth-order valence-electron chi connectivity index (χ4n) is 5.81. The number of halogens is 3. The molecule has 2 aromatic rings. The van der Waals surface area contributed by atoms with Crippen LogP contribution in [0.25, 0.3) is 0 Å². The quantitative estimate of drug-likeness (QED) is 0.639. The molecule has 0 bridgehead atoms. The van der Waals surface area contributed by atoms with Crippen LogP contribution in [0, 0.1) is 11.8 Å². The lowest BCUT2D eigenvalue weighted by molar-refractivity contribution is -0.142. The summed E-state index contributed by atoms with van der Waals surface area (Å²) in [5.74, 6) is -0.804. The van der Waals surface area contributed by atoms with Crippen molar-refractivity contribution in [3.8, 4) is 0 Å². The van der Waals surface area contributed by atoms with Crippen LogP contribution in [0.2, 0.25) is 0 Å². The Hall–Kier alpha value is -3.56. The van der Waals surface area contributed by atoms with E-state index >= 15 is 0 Å². The highest BCUT2D eigenvalue weighted by Crippen LogP contribution is 2.35. The molecule has 1 aliphatic carbocycles. The zero-order chi connectivity index (χ0) is 26.9. The lowest BCUT2D eigenvalue weighted by atomic mass is 9.76. The first-order valence-corrected chi connectivity index (χ1v) is 13.1. The van der Waals surface area contributed by atoms with E-state index in [1.807, 2.05) is 35.2 Å². The van der Waals surface area contributed by atoms with Crippen LogP contribution in [0.3, 0.4) is 0 Å². The van der Waals surface area contributed by atoms with E-state index in [9.17, 15) is 27.6 Å². The normalized spacial score (nSPS) is 24.2. The van der Waals surface area contributed by atoms with Gasteiger partial charge in [0.15, 0.2) is 0 Å². The van der Waals surface area contributed by atoms with Gasteiger partial charge in [0.25, 0.3) is 0 Å². The van der Waals surface area contributed by atoms with E-state index in [4.69, 9.17) is 0 Å². The van der Waals surface area contributed by atoms with Crippen LogP contribution >= 0.6 is 0 Å². The molecular formula is C28H31F3N4O3. The SMILES string of the molecule is O=C(C1CCC2C(=O)N(CCc3ccccc3)C(=O)NC2C1)N1CCN(c2cccc(C(F)(F)F)c2)CC1. The molecule has 202 valence electrons. The molecule has 5 rings (SSSR count). The molecule has 3 unspecified atom stereocenters. The molecule has 38 heavy (non-hydrogen) atoms. The Morgan fingerprint density at radius 2 is 1.68 bits per heavy atom. The van der Waals surface area contributed by atoms with E-state index in [-0.39, 0.29) is 29.7 Å². The number of hydrogen-bond donors (Lipinski definition) is 1. The Morgan fingerprint density at radius 1 is 0.947 bits per heavy atom. The van der Waals surface area contributed by atoms with Gasteiger partial charge in [0.2, 0.25) is 11.8 Å². The Bertz CT molecular complexity index is 1180. The van der Waals surface area contributed by atoms with Crippen molar-refractivity contribution in [2.24, 2.45) is 11.8 Å². The van der Waals surface area contributed by atoms with Gasteiger partial charge in [0.05, 0.1) is 11.5 Å². The lowest BCUT2D eigenvalue weighted by Crippen LogP contribution is -2.62. The molecule has 3 atom stereocenters. The van der Waals surface area contributed by atoms with Gasteiger partial charge in [-0.15, -0.1) is 0 Å². The summed E-state index contributed by atoms with van der Waals surface area (Å²) in [5.41, 5.74) is 0.860. The summed E-state index contributed by atoms with van der Waals surface area (Å²) in [7, 11) is 0. The van der Waals surface area contributed by atoms with Crippen molar-refractivity contribution in [1.82, 2.24) is 15.1 Å². The van der Waals surface area contributed by atoms with Crippen LogP contribution in [0.5, 0.6) is 0 Å². The van der Waals surface area contributed by atoms with E-state index in [0.29, 0.717) is 64.1 Å². The fraction of sp³-hybridized carbons (Fsp3) is 0.464. The third-order valence-electron chi connectivity index (χ3n) is 7.93. The molecule has 3 aliphatic rings. The van der Waals surface area contributed by atoms with Gasteiger partial charge in [-0.05, 0) is 49.4 Å². The molecule has 10 heteroatoms. The average Bonchev–Trinajstić information content (AvgIpc) is 2.92. The second-order valence-electron chi connectivity index (χ2n) is 10.3. The maximum absolute atomic E-state index is 13.3. The molecule has 2 heterocycles. The monoisotopic (exact) mass is 528 g/mol.